The SMILES string of the molecule is CCCc1ccc2c(c1-c1ccccc1)C=C(c1ccccc1)[CH]2[Zr]([Cl])([Cl])([CH]1C(c2ccccc2)=Cc2c1ccc(CCC)c2-c1ccccc1)[SiH](C)C. The van der Waals surface area contributed by atoms with Gasteiger partial charge in [0.2, 0.25) is 0 Å². The summed E-state index contributed by atoms with van der Waals surface area (Å²) in [5.41, 5.74) is 18.2. The van der Waals surface area contributed by atoms with Crippen LogP contribution in [0, 0.1) is 0 Å². The Morgan fingerprint density at radius 3 is 1.11 bits per heavy atom. The van der Waals surface area contributed by atoms with Crippen LogP contribution in [-0.4, -0.2) is 5.92 Å². The third-order valence-electron chi connectivity index (χ3n) is 12.2. The summed E-state index contributed by atoms with van der Waals surface area (Å²) in [7, 11) is 18.1. The quantitative estimate of drug-likeness (QED) is 0.114. The molecule has 0 saturated carbocycles. The van der Waals surface area contributed by atoms with Gasteiger partial charge >= 0.3 is 334 Å². The van der Waals surface area contributed by atoms with E-state index in [0.29, 0.717) is 0 Å². The van der Waals surface area contributed by atoms with Crippen LogP contribution in [0.3, 0.4) is 0 Å². The van der Waals surface area contributed by atoms with Crippen LogP contribution in [0.15, 0.2) is 146 Å². The van der Waals surface area contributed by atoms with Crippen LogP contribution in [0.25, 0.3) is 45.6 Å². The fourth-order valence-corrected chi connectivity index (χ4v) is 39.7. The molecule has 0 aromatic heterocycles. The van der Waals surface area contributed by atoms with Gasteiger partial charge in [-0.2, -0.15) is 0 Å². The predicted octanol–water partition coefficient (Wildman–Crippen LogP) is 14.8. The van der Waals surface area contributed by atoms with E-state index in [4.69, 9.17) is 17.0 Å². The number of aryl methyl sites for hydroxylation is 2. The standard InChI is InChI=1S/2C24H21.C2H7Si.2ClH.Zr/c2*1-2-9-19-14-15-21-16-22(18-10-5-3-6-11-18)17-23(21)24(19)20-12-7-4-8-13-20;1-3-2;;;/h2*3-8,10-17H,2,9H2,1H3;3H,1-2H3;2*1H;/q;;;;;+2/p-2. The van der Waals surface area contributed by atoms with Gasteiger partial charge in [-0.05, 0) is 0 Å². The van der Waals surface area contributed by atoms with Gasteiger partial charge in [-0.15, -0.1) is 0 Å². The third-order valence-corrected chi connectivity index (χ3v) is 63.7. The van der Waals surface area contributed by atoms with Crippen molar-refractivity contribution in [1.29, 1.82) is 0 Å². The Kier molecular flexibility index (Phi) is 10.5. The molecule has 2 atom stereocenters. The van der Waals surface area contributed by atoms with Crippen molar-refractivity contribution >= 4 is 46.2 Å². The summed E-state index contributed by atoms with van der Waals surface area (Å²) in [5, 5.41) is 0. The molecule has 4 heteroatoms. The predicted molar refractivity (Wildman–Crippen MR) is 236 cm³/mol. The van der Waals surface area contributed by atoms with Gasteiger partial charge in [-0.3, -0.25) is 0 Å². The Hall–Kier alpha value is -3.52. The minimum absolute atomic E-state index is 0.0736. The van der Waals surface area contributed by atoms with Gasteiger partial charge in [-0.1, -0.05) is 0 Å². The summed E-state index contributed by atoms with van der Waals surface area (Å²) >= 11 is -5.22. The number of rotatable bonds is 11. The van der Waals surface area contributed by atoms with Crippen molar-refractivity contribution in [2.75, 3.05) is 0 Å². The van der Waals surface area contributed by atoms with Gasteiger partial charge < -0.3 is 0 Å². The van der Waals surface area contributed by atoms with Gasteiger partial charge in [0, 0.05) is 0 Å². The molecular formula is C50H49Cl2SiZr. The van der Waals surface area contributed by atoms with E-state index in [0.717, 1.165) is 25.7 Å². The molecule has 6 aromatic carbocycles. The topological polar surface area (TPSA) is 0 Å². The van der Waals surface area contributed by atoms with Crippen LogP contribution < -0.4 is 0 Å². The zero-order valence-electron chi connectivity index (χ0n) is 31.8. The molecule has 2 aliphatic rings. The third kappa shape index (κ3) is 6.23. The van der Waals surface area contributed by atoms with Crippen molar-refractivity contribution in [3.63, 3.8) is 0 Å². The van der Waals surface area contributed by atoms with Crippen molar-refractivity contribution in [3.8, 4) is 22.3 Å². The molecule has 6 aromatic rings. The molecule has 0 heterocycles. The molecule has 0 N–H and O–H groups in total. The summed E-state index contributed by atoms with van der Waals surface area (Å²) in [4.78, 5) is 0. The number of fused-ring (bicyclic) bond motifs is 2. The van der Waals surface area contributed by atoms with Crippen molar-refractivity contribution in [2.24, 2.45) is 0 Å². The zero-order valence-corrected chi connectivity index (χ0v) is 37.0. The van der Waals surface area contributed by atoms with Gasteiger partial charge in [0.05, 0.1) is 0 Å². The van der Waals surface area contributed by atoms with Crippen LogP contribution in [0.1, 0.15) is 78.4 Å². The summed E-state index contributed by atoms with van der Waals surface area (Å²) in [5.74, 6) is -1.83. The van der Waals surface area contributed by atoms with E-state index in [1.165, 1.54) is 77.9 Å². The Bertz CT molecular complexity index is 2200. The van der Waals surface area contributed by atoms with Gasteiger partial charge in [0.1, 0.15) is 0 Å². The molecule has 2 aliphatic carbocycles. The molecule has 0 bridgehead atoms. The van der Waals surface area contributed by atoms with E-state index in [-0.39, 0.29) is 7.25 Å². The second-order valence-corrected chi connectivity index (χ2v) is 58.1. The van der Waals surface area contributed by atoms with E-state index in [2.05, 4.69) is 185 Å². The molecule has 0 fully saturated rings. The summed E-state index contributed by atoms with van der Waals surface area (Å²) < 4.78 is -0.147. The number of halogens is 2. The Labute approximate surface area is 331 Å². The molecule has 271 valence electrons. The average Bonchev–Trinajstić information content (AvgIpc) is 3.80. The first-order valence-electron chi connectivity index (χ1n) is 19.8. The summed E-state index contributed by atoms with van der Waals surface area (Å²) in [6, 6.07) is 53.6. The summed E-state index contributed by atoms with van der Waals surface area (Å²) in [6.45, 7) is 9.47. The maximum absolute atomic E-state index is 9.04. The van der Waals surface area contributed by atoms with Crippen LogP contribution in [0.4, 0.5) is 0 Å². The second-order valence-electron chi connectivity index (χ2n) is 15.6. The van der Waals surface area contributed by atoms with E-state index in [9.17, 15) is 0 Å². The first-order valence-corrected chi connectivity index (χ1v) is 36.1. The van der Waals surface area contributed by atoms with Crippen molar-refractivity contribution in [1.82, 2.24) is 0 Å². The zero-order chi connectivity index (χ0) is 37.5. The van der Waals surface area contributed by atoms with Gasteiger partial charge in [-0.25, -0.2) is 0 Å². The number of benzene rings is 6. The first kappa shape index (κ1) is 37.4. The first-order chi connectivity index (χ1) is 26.3. The Morgan fingerprint density at radius 1 is 0.463 bits per heavy atom. The number of hydrogen-bond acceptors (Lipinski definition) is 0. The number of hydrogen-bond donors (Lipinski definition) is 0. The molecule has 0 nitrogen and oxygen atoms in total. The molecule has 0 saturated heterocycles. The fourth-order valence-electron chi connectivity index (χ4n) is 9.62. The molecule has 0 amide bonds. The molecule has 0 spiro atoms. The van der Waals surface area contributed by atoms with E-state index >= 15 is 0 Å². The van der Waals surface area contributed by atoms with Crippen LogP contribution in [0.2, 0.25) is 13.1 Å². The molecule has 2 unspecified atom stereocenters. The van der Waals surface area contributed by atoms with E-state index in [1.54, 1.807) is 0 Å². The van der Waals surface area contributed by atoms with Gasteiger partial charge in [0.25, 0.3) is 0 Å². The normalized spacial score (nSPS) is 17.1. The maximum atomic E-state index is 9.04. The van der Waals surface area contributed by atoms with Crippen LogP contribution >= 0.6 is 17.0 Å². The molecule has 0 radical (unpaired) electrons. The van der Waals surface area contributed by atoms with E-state index < -0.39 is 21.5 Å². The molecule has 0 aliphatic heterocycles. The van der Waals surface area contributed by atoms with Crippen LogP contribution in [0.5, 0.6) is 0 Å². The summed E-state index contributed by atoms with van der Waals surface area (Å²) in [6.07, 6.45) is 9.19. The Morgan fingerprint density at radius 2 is 0.796 bits per heavy atom. The average molecular weight is 840 g/mol. The van der Waals surface area contributed by atoms with Crippen molar-refractivity contribution in [3.05, 3.63) is 190 Å². The Balaban J connectivity index is 1.46. The van der Waals surface area contributed by atoms with Gasteiger partial charge in [0.15, 0.2) is 0 Å². The fraction of sp³-hybridized carbons (Fsp3) is 0.200. The van der Waals surface area contributed by atoms with Crippen molar-refractivity contribution < 1.29 is 15.6 Å². The monoisotopic (exact) mass is 837 g/mol. The number of allylic oxidation sites excluding steroid dienone is 2. The molecule has 54 heavy (non-hydrogen) atoms. The second kappa shape index (κ2) is 15.2. The molecule has 8 rings (SSSR count). The van der Waals surface area contributed by atoms with Crippen molar-refractivity contribution in [2.45, 2.75) is 59.9 Å². The molecular weight excluding hydrogens is 791 g/mol. The van der Waals surface area contributed by atoms with Crippen LogP contribution in [-0.2, 0) is 28.4 Å². The van der Waals surface area contributed by atoms with E-state index in [1.807, 2.05) is 0 Å². The minimum atomic E-state index is -5.22.